The molecule has 2 aliphatic rings. The second-order valence-electron chi connectivity index (χ2n) is 7.05. The van der Waals surface area contributed by atoms with Gasteiger partial charge in [-0.1, -0.05) is 0 Å². The van der Waals surface area contributed by atoms with Gasteiger partial charge in [-0.15, -0.1) is 0 Å². The third-order valence-electron chi connectivity index (χ3n) is 4.93. The minimum absolute atomic E-state index is 0.358. The minimum atomic E-state index is -0.371. The van der Waals surface area contributed by atoms with E-state index in [0.717, 1.165) is 0 Å². The van der Waals surface area contributed by atoms with E-state index in [-0.39, 0.29) is 11.8 Å². The summed E-state index contributed by atoms with van der Waals surface area (Å²) in [7, 11) is 0. The van der Waals surface area contributed by atoms with Gasteiger partial charge in [0.05, 0.1) is 17.6 Å². The molecule has 9 heteroatoms. The summed E-state index contributed by atoms with van der Waals surface area (Å²) in [6.07, 6.45) is 2.99. The number of pyridine rings is 1. The Morgan fingerprint density at radius 1 is 0.656 bits per heavy atom. The molecular formula is C23H19N3O6. The molecule has 2 amide bonds. The molecule has 3 aromatic rings. The zero-order chi connectivity index (χ0) is 21.9. The maximum absolute atomic E-state index is 12.8. The van der Waals surface area contributed by atoms with Gasteiger partial charge in [-0.2, -0.15) is 0 Å². The van der Waals surface area contributed by atoms with Crippen molar-refractivity contribution >= 4 is 23.2 Å². The van der Waals surface area contributed by atoms with Crippen LogP contribution in [0.5, 0.6) is 23.0 Å². The molecule has 162 valence electrons. The van der Waals surface area contributed by atoms with Crippen molar-refractivity contribution in [2.45, 2.75) is 0 Å². The van der Waals surface area contributed by atoms with Gasteiger partial charge in [0, 0.05) is 17.3 Å². The predicted molar refractivity (Wildman–Crippen MR) is 115 cm³/mol. The van der Waals surface area contributed by atoms with Crippen LogP contribution in [-0.2, 0) is 0 Å². The number of carbonyl (C=O) groups excluding carboxylic acids is 2. The summed E-state index contributed by atoms with van der Waals surface area (Å²) in [6, 6.07) is 11.5. The number of benzene rings is 2. The Hall–Kier alpha value is -4.27. The highest BCUT2D eigenvalue weighted by Crippen LogP contribution is 2.32. The van der Waals surface area contributed by atoms with E-state index in [1.807, 2.05) is 0 Å². The first-order valence-electron chi connectivity index (χ1n) is 10.0. The van der Waals surface area contributed by atoms with Crippen LogP contribution in [0, 0.1) is 0 Å². The molecule has 2 aromatic carbocycles. The highest BCUT2D eigenvalue weighted by molar-refractivity contribution is 6.10. The van der Waals surface area contributed by atoms with Crippen molar-refractivity contribution in [3.8, 4) is 23.0 Å². The standard InChI is InChI=1S/C23H19N3O6/c27-22(14-1-3-18-20(11-14)31-9-7-29-18)25-16-5-6-24-13-17(16)26-23(28)15-2-4-19-21(12-15)32-10-8-30-19/h1-6,11-13H,7-10H2,(H,26,28)(H,24,25,27). The molecule has 0 saturated heterocycles. The zero-order valence-corrected chi connectivity index (χ0v) is 16.9. The van der Waals surface area contributed by atoms with E-state index in [4.69, 9.17) is 18.9 Å². The van der Waals surface area contributed by atoms with Crippen molar-refractivity contribution in [2.24, 2.45) is 0 Å². The molecule has 5 rings (SSSR count). The first-order valence-corrected chi connectivity index (χ1v) is 10.0. The molecular weight excluding hydrogens is 414 g/mol. The Morgan fingerprint density at radius 2 is 1.16 bits per heavy atom. The number of amides is 2. The minimum Gasteiger partial charge on any atom is -0.486 e. The summed E-state index contributed by atoms with van der Waals surface area (Å²) in [5.41, 5.74) is 1.56. The molecule has 0 unspecified atom stereocenters. The number of ether oxygens (including phenoxy) is 4. The average molecular weight is 433 g/mol. The lowest BCUT2D eigenvalue weighted by atomic mass is 10.1. The maximum atomic E-state index is 12.8. The van der Waals surface area contributed by atoms with Crippen molar-refractivity contribution in [3.63, 3.8) is 0 Å². The molecule has 0 radical (unpaired) electrons. The number of hydrogen-bond acceptors (Lipinski definition) is 7. The smallest absolute Gasteiger partial charge is 0.255 e. The summed E-state index contributed by atoms with van der Waals surface area (Å²) < 4.78 is 22.0. The van der Waals surface area contributed by atoms with Crippen molar-refractivity contribution in [1.82, 2.24) is 4.98 Å². The first kappa shape index (κ1) is 19.7. The molecule has 0 atom stereocenters. The lowest BCUT2D eigenvalue weighted by Gasteiger charge is -2.19. The van der Waals surface area contributed by atoms with Crippen LogP contribution in [-0.4, -0.2) is 43.2 Å². The molecule has 0 bridgehead atoms. The molecule has 32 heavy (non-hydrogen) atoms. The van der Waals surface area contributed by atoms with Gasteiger partial charge in [-0.05, 0) is 42.5 Å². The number of rotatable bonds is 4. The zero-order valence-electron chi connectivity index (χ0n) is 16.9. The molecule has 1 aromatic heterocycles. The van der Waals surface area contributed by atoms with Crippen LogP contribution in [0.3, 0.4) is 0 Å². The molecule has 0 aliphatic carbocycles. The molecule has 0 saturated carbocycles. The maximum Gasteiger partial charge on any atom is 0.255 e. The fourth-order valence-electron chi connectivity index (χ4n) is 3.36. The van der Waals surface area contributed by atoms with Gasteiger partial charge in [-0.25, -0.2) is 0 Å². The van der Waals surface area contributed by atoms with Crippen molar-refractivity contribution in [1.29, 1.82) is 0 Å². The third kappa shape index (κ3) is 4.00. The summed E-state index contributed by atoms with van der Waals surface area (Å²) in [5.74, 6) is 1.51. The number of anilines is 2. The Labute approximate surface area is 183 Å². The number of nitrogens with one attached hydrogen (secondary N) is 2. The number of fused-ring (bicyclic) bond motifs is 2. The van der Waals surface area contributed by atoms with Crippen molar-refractivity contribution in [2.75, 3.05) is 37.1 Å². The Morgan fingerprint density at radius 3 is 1.72 bits per heavy atom. The average Bonchev–Trinajstić information content (AvgIpc) is 2.84. The Balaban J connectivity index is 1.33. The number of hydrogen-bond donors (Lipinski definition) is 2. The summed E-state index contributed by atoms with van der Waals surface area (Å²) in [6.45, 7) is 1.80. The van der Waals surface area contributed by atoms with Crippen LogP contribution in [0.4, 0.5) is 11.4 Å². The van der Waals surface area contributed by atoms with Crippen molar-refractivity contribution in [3.05, 3.63) is 66.0 Å². The van der Waals surface area contributed by atoms with E-state index in [0.29, 0.717) is 71.9 Å². The van der Waals surface area contributed by atoms with Gasteiger partial charge in [0.1, 0.15) is 26.4 Å². The van der Waals surface area contributed by atoms with Crippen LogP contribution in [0.2, 0.25) is 0 Å². The van der Waals surface area contributed by atoms with E-state index < -0.39 is 0 Å². The fraction of sp³-hybridized carbons (Fsp3) is 0.174. The Bertz CT molecular complexity index is 1100. The van der Waals surface area contributed by atoms with Gasteiger partial charge in [-0.3, -0.25) is 14.6 Å². The highest BCUT2D eigenvalue weighted by atomic mass is 16.6. The Kier molecular flexibility index (Phi) is 5.20. The molecule has 3 heterocycles. The van der Waals surface area contributed by atoms with Gasteiger partial charge < -0.3 is 29.6 Å². The SMILES string of the molecule is O=C(Nc1ccncc1NC(=O)c1ccc2c(c1)OCCO2)c1ccc2c(c1)OCCO2. The first-order chi connectivity index (χ1) is 15.7. The number of nitrogens with zero attached hydrogens (tertiary/aromatic N) is 1. The molecule has 9 nitrogen and oxygen atoms in total. The molecule has 2 aliphatic heterocycles. The lowest BCUT2D eigenvalue weighted by molar-refractivity contribution is 0.101. The normalized spacial score (nSPS) is 13.8. The highest BCUT2D eigenvalue weighted by Gasteiger charge is 2.18. The second-order valence-corrected chi connectivity index (χ2v) is 7.05. The van der Waals surface area contributed by atoms with Crippen LogP contribution in [0.15, 0.2) is 54.9 Å². The lowest BCUT2D eigenvalue weighted by Crippen LogP contribution is -2.19. The number of aromatic nitrogens is 1. The summed E-state index contributed by atoms with van der Waals surface area (Å²) in [5, 5.41) is 5.59. The topological polar surface area (TPSA) is 108 Å². The predicted octanol–water partition coefficient (Wildman–Crippen LogP) is 3.13. The molecule has 2 N–H and O–H groups in total. The second kappa shape index (κ2) is 8.46. The van der Waals surface area contributed by atoms with Gasteiger partial charge in [0.15, 0.2) is 23.0 Å². The van der Waals surface area contributed by atoms with Gasteiger partial charge in [0.2, 0.25) is 0 Å². The van der Waals surface area contributed by atoms with Gasteiger partial charge in [0.25, 0.3) is 11.8 Å². The van der Waals surface area contributed by atoms with Crippen LogP contribution < -0.4 is 29.6 Å². The van der Waals surface area contributed by atoms with E-state index in [2.05, 4.69) is 15.6 Å². The molecule has 0 fully saturated rings. The largest absolute Gasteiger partial charge is 0.486 e. The monoisotopic (exact) mass is 433 g/mol. The third-order valence-corrected chi connectivity index (χ3v) is 4.93. The van der Waals surface area contributed by atoms with Crippen LogP contribution >= 0.6 is 0 Å². The van der Waals surface area contributed by atoms with Crippen LogP contribution in [0.1, 0.15) is 20.7 Å². The van der Waals surface area contributed by atoms with Crippen molar-refractivity contribution < 1.29 is 28.5 Å². The van der Waals surface area contributed by atoms with E-state index in [1.54, 1.807) is 42.5 Å². The van der Waals surface area contributed by atoms with E-state index in [9.17, 15) is 9.59 Å². The number of carbonyl (C=O) groups is 2. The quantitative estimate of drug-likeness (QED) is 0.651. The fourth-order valence-corrected chi connectivity index (χ4v) is 3.36. The summed E-state index contributed by atoms with van der Waals surface area (Å²) in [4.78, 5) is 29.6. The van der Waals surface area contributed by atoms with E-state index in [1.165, 1.54) is 12.4 Å². The van der Waals surface area contributed by atoms with E-state index >= 15 is 0 Å². The van der Waals surface area contributed by atoms with Gasteiger partial charge >= 0.3 is 0 Å². The van der Waals surface area contributed by atoms with Crippen LogP contribution in [0.25, 0.3) is 0 Å². The summed E-state index contributed by atoms with van der Waals surface area (Å²) >= 11 is 0. The molecule has 0 spiro atoms.